The lowest BCUT2D eigenvalue weighted by Crippen LogP contribution is -2.49. The standard InChI is InChI=1S/C16H23ClN2O3/c1-16(2,3)22-15(20)19-8-7-18-13(10-19)12-6-5-11(17)9-14(12)21-4/h5-6,9,13,18H,7-8,10H2,1-4H3. The fourth-order valence-electron chi connectivity index (χ4n) is 2.42. The predicted octanol–water partition coefficient (Wildman–Crippen LogP) is 3.23. The summed E-state index contributed by atoms with van der Waals surface area (Å²) in [6.45, 7) is 7.47. The van der Waals surface area contributed by atoms with Gasteiger partial charge in [0.05, 0.1) is 13.2 Å². The van der Waals surface area contributed by atoms with E-state index in [9.17, 15) is 4.79 Å². The topological polar surface area (TPSA) is 50.8 Å². The van der Waals surface area contributed by atoms with Gasteiger partial charge < -0.3 is 19.7 Å². The molecule has 6 heteroatoms. The largest absolute Gasteiger partial charge is 0.496 e. The third-order valence-electron chi connectivity index (χ3n) is 3.40. The molecular weight excluding hydrogens is 304 g/mol. The molecule has 0 saturated carbocycles. The summed E-state index contributed by atoms with van der Waals surface area (Å²) in [6, 6.07) is 5.53. The van der Waals surface area contributed by atoms with Crippen LogP contribution in [-0.2, 0) is 4.74 Å². The lowest BCUT2D eigenvalue weighted by molar-refractivity contribution is 0.0194. The van der Waals surface area contributed by atoms with Crippen molar-refractivity contribution in [3.63, 3.8) is 0 Å². The van der Waals surface area contributed by atoms with Gasteiger partial charge in [0.1, 0.15) is 11.4 Å². The van der Waals surface area contributed by atoms with Gasteiger partial charge in [0.2, 0.25) is 0 Å². The number of methoxy groups -OCH3 is 1. The van der Waals surface area contributed by atoms with Crippen LogP contribution in [0, 0.1) is 0 Å². The Morgan fingerprint density at radius 3 is 2.77 bits per heavy atom. The van der Waals surface area contributed by atoms with Gasteiger partial charge in [0.15, 0.2) is 0 Å². The van der Waals surface area contributed by atoms with Gasteiger partial charge in [0, 0.05) is 30.2 Å². The molecule has 1 unspecified atom stereocenters. The summed E-state index contributed by atoms with van der Waals surface area (Å²) in [5.41, 5.74) is 0.496. The molecule has 2 rings (SSSR count). The van der Waals surface area contributed by atoms with Crippen molar-refractivity contribution in [2.75, 3.05) is 26.7 Å². The second kappa shape index (κ2) is 6.75. The lowest BCUT2D eigenvalue weighted by atomic mass is 10.0. The van der Waals surface area contributed by atoms with Crippen LogP contribution in [0.1, 0.15) is 32.4 Å². The third-order valence-corrected chi connectivity index (χ3v) is 3.63. The number of nitrogens with zero attached hydrogens (tertiary/aromatic N) is 1. The van der Waals surface area contributed by atoms with Gasteiger partial charge in [-0.1, -0.05) is 17.7 Å². The average molecular weight is 327 g/mol. The quantitative estimate of drug-likeness (QED) is 0.906. The highest BCUT2D eigenvalue weighted by Gasteiger charge is 2.29. The van der Waals surface area contributed by atoms with E-state index < -0.39 is 5.60 Å². The molecule has 1 saturated heterocycles. The molecule has 0 aliphatic carbocycles. The van der Waals surface area contributed by atoms with Crippen molar-refractivity contribution in [3.05, 3.63) is 28.8 Å². The monoisotopic (exact) mass is 326 g/mol. The Labute approximate surface area is 136 Å². The van der Waals surface area contributed by atoms with E-state index in [1.54, 1.807) is 18.1 Å². The Bertz CT molecular complexity index is 543. The van der Waals surface area contributed by atoms with Crippen molar-refractivity contribution in [2.24, 2.45) is 0 Å². The van der Waals surface area contributed by atoms with Gasteiger partial charge in [-0.15, -0.1) is 0 Å². The average Bonchev–Trinajstić information content (AvgIpc) is 2.45. The molecule has 1 heterocycles. The first-order valence-corrected chi connectivity index (χ1v) is 7.72. The second-order valence-electron chi connectivity index (χ2n) is 6.32. The van der Waals surface area contributed by atoms with Gasteiger partial charge in [-0.05, 0) is 32.9 Å². The summed E-state index contributed by atoms with van der Waals surface area (Å²) in [6.07, 6.45) is -0.285. The van der Waals surface area contributed by atoms with Crippen LogP contribution >= 0.6 is 11.6 Å². The second-order valence-corrected chi connectivity index (χ2v) is 6.76. The summed E-state index contributed by atoms with van der Waals surface area (Å²) in [7, 11) is 1.61. The molecule has 1 aliphatic rings. The molecule has 1 aromatic carbocycles. The molecule has 1 aromatic rings. The van der Waals surface area contributed by atoms with Crippen LogP contribution in [0.15, 0.2) is 18.2 Å². The fourth-order valence-corrected chi connectivity index (χ4v) is 2.59. The minimum absolute atomic E-state index is 0.00603. The molecule has 1 fully saturated rings. The van der Waals surface area contributed by atoms with E-state index in [0.29, 0.717) is 24.7 Å². The Kier molecular flexibility index (Phi) is 5.19. The number of piperazine rings is 1. The van der Waals surface area contributed by atoms with E-state index in [1.165, 1.54) is 0 Å². The molecule has 0 aromatic heterocycles. The van der Waals surface area contributed by atoms with Crippen LogP contribution in [0.4, 0.5) is 4.79 Å². The number of ether oxygens (including phenoxy) is 2. The van der Waals surface area contributed by atoms with Crippen LogP contribution in [0.5, 0.6) is 5.75 Å². The van der Waals surface area contributed by atoms with Gasteiger partial charge >= 0.3 is 6.09 Å². The van der Waals surface area contributed by atoms with Gasteiger partial charge in [0.25, 0.3) is 0 Å². The van der Waals surface area contributed by atoms with Gasteiger partial charge in [-0.25, -0.2) is 4.79 Å². The molecule has 0 radical (unpaired) electrons. The maximum atomic E-state index is 12.2. The number of rotatable bonds is 2. The van der Waals surface area contributed by atoms with E-state index in [0.717, 1.165) is 11.3 Å². The smallest absolute Gasteiger partial charge is 0.410 e. The molecule has 22 heavy (non-hydrogen) atoms. The number of nitrogens with one attached hydrogen (secondary N) is 1. The van der Waals surface area contributed by atoms with E-state index in [1.807, 2.05) is 32.9 Å². The molecule has 5 nitrogen and oxygen atoms in total. The van der Waals surface area contributed by atoms with Crippen molar-refractivity contribution >= 4 is 17.7 Å². The van der Waals surface area contributed by atoms with E-state index in [-0.39, 0.29) is 12.1 Å². The number of carbonyl (C=O) groups is 1. The number of amides is 1. The molecular formula is C16H23ClN2O3. The van der Waals surface area contributed by atoms with E-state index in [4.69, 9.17) is 21.1 Å². The van der Waals surface area contributed by atoms with Crippen LogP contribution in [-0.4, -0.2) is 43.3 Å². The number of carbonyl (C=O) groups excluding carboxylic acids is 1. The van der Waals surface area contributed by atoms with Crippen LogP contribution in [0.3, 0.4) is 0 Å². The summed E-state index contributed by atoms with van der Waals surface area (Å²) in [5.74, 6) is 0.719. The zero-order valence-corrected chi connectivity index (χ0v) is 14.2. The summed E-state index contributed by atoms with van der Waals surface area (Å²) in [4.78, 5) is 13.9. The SMILES string of the molecule is COc1cc(Cl)ccc1C1CN(C(=O)OC(C)(C)C)CCN1. The highest BCUT2D eigenvalue weighted by atomic mass is 35.5. The predicted molar refractivity (Wildman–Crippen MR) is 86.6 cm³/mol. The van der Waals surface area contributed by atoms with Gasteiger partial charge in [-0.2, -0.15) is 0 Å². The minimum atomic E-state index is -0.491. The lowest BCUT2D eigenvalue weighted by Gasteiger charge is -2.35. The van der Waals surface area contributed by atoms with Crippen LogP contribution in [0.2, 0.25) is 5.02 Å². The third kappa shape index (κ3) is 4.27. The molecule has 0 spiro atoms. The maximum absolute atomic E-state index is 12.2. The van der Waals surface area contributed by atoms with Crippen molar-refractivity contribution in [2.45, 2.75) is 32.4 Å². The maximum Gasteiger partial charge on any atom is 0.410 e. The Balaban J connectivity index is 2.12. The Morgan fingerprint density at radius 1 is 1.41 bits per heavy atom. The Morgan fingerprint density at radius 2 is 2.14 bits per heavy atom. The minimum Gasteiger partial charge on any atom is -0.496 e. The molecule has 1 atom stereocenters. The summed E-state index contributed by atoms with van der Waals surface area (Å²) >= 11 is 6.00. The highest BCUT2D eigenvalue weighted by Crippen LogP contribution is 2.30. The van der Waals surface area contributed by atoms with Crippen LogP contribution in [0.25, 0.3) is 0 Å². The Hall–Kier alpha value is -1.46. The number of halogens is 1. The summed E-state index contributed by atoms with van der Waals surface area (Å²) in [5, 5.41) is 4.03. The number of benzene rings is 1. The molecule has 122 valence electrons. The van der Waals surface area contributed by atoms with E-state index in [2.05, 4.69) is 5.32 Å². The van der Waals surface area contributed by atoms with Crippen molar-refractivity contribution in [1.82, 2.24) is 10.2 Å². The zero-order chi connectivity index (χ0) is 16.3. The molecule has 1 amide bonds. The molecule has 1 aliphatic heterocycles. The first-order chi connectivity index (χ1) is 10.3. The fraction of sp³-hybridized carbons (Fsp3) is 0.562. The molecule has 0 bridgehead atoms. The summed E-state index contributed by atoms with van der Waals surface area (Å²) < 4.78 is 10.8. The van der Waals surface area contributed by atoms with Crippen molar-refractivity contribution in [3.8, 4) is 5.75 Å². The molecule has 1 N–H and O–H groups in total. The highest BCUT2D eigenvalue weighted by molar-refractivity contribution is 6.30. The number of hydrogen-bond donors (Lipinski definition) is 1. The van der Waals surface area contributed by atoms with Crippen molar-refractivity contribution in [1.29, 1.82) is 0 Å². The normalized spacial score (nSPS) is 19.0. The first-order valence-electron chi connectivity index (χ1n) is 7.35. The van der Waals surface area contributed by atoms with Crippen molar-refractivity contribution < 1.29 is 14.3 Å². The zero-order valence-electron chi connectivity index (χ0n) is 13.5. The van der Waals surface area contributed by atoms with Gasteiger partial charge in [-0.3, -0.25) is 0 Å². The first kappa shape index (κ1) is 16.9. The van der Waals surface area contributed by atoms with E-state index >= 15 is 0 Å². The number of hydrogen-bond acceptors (Lipinski definition) is 4. The van der Waals surface area contributed by atoms with Crippen LogP contribution < -0.4 is 10.1 Å².